The number of hydrogen-bond acceptors (Lipinski definition) is 6. The Kier molecular flexibility index (Phi) is 2.56. The van der Waals surface area contributed by atoms with Crippen LogP contribution < -0.4 is 9.47 Å². The van der Waals surface area contributed by atoms with Crippen LogP contribution in [0.1, 0.15) is 17.5 Å². The van der Waals surface area contributed by atoms with E-state index >= 15 is 0 Å². The van der Waals surface area contributed by atoms with Crippen LogP contribution in [0.4, 0.5) is 0 Å². The third-order valence-electron chi connectivity index (χ3n) is 5.72. The van der Waals surface area contributed by atoms with Crippen LogP contribution in [0.15, 0.2) is 24.3 Å². The first kappa shape index (κ1) is 13.8. The Balaban J connectivity index is 1.78. The summed E-state index contributed by atoms with van der Waals surface area (Å²) in [5.41, 5.74) is 1.31. The molecule has 23 heavy (non-hydrogen) atoms. The fourth-order valence-corrected chi connectivity index (χ4v) is 4.69. The summed E-state index contributed by atoms with van der Waals surface area (Å²) in [4.78, 5) is 2.08. The van der Waals surface area contributed by atoms with E-state index in [1.807, 2.05) is 25.3 Å². The molecular weight excluding hydrogens is 298 g/mol. The molecular formula is C17H19NO5. The molecule has 0 amide bonds. The lowest BCUT2D eigenvalue weighted by molar-refractivity contribution is -0.236. The first-order chi connectivity index (χ1) is 11.0. The Morgan fingerprint density at radius 3 is 2.87 bits per heavy atom. The Morgan fingerprint density at radius 2 is 2.04 bits per heavy atom. The summed E-state index contributed by atoms with van der Waals surface area (Å²) in [6.45, 7) is 0.956. The predicted molar refractivity (Wildman–Crippen MR) is 80.2 cm³/mol. The van der Waals surface area contributed by atoms with E-state index in [-0.39, 0.29) is 12.8 Å². The highest BCUT2D eigenvalue weighted by Gasteiger charge is 2.66. The lowest BCUT2D eigenvalue weighted by Crippen LogP contribution is -2.59. The van der Waals surface area contributed by atoms with Crippen LogP contribution in [0.2, 0.25) is 0 Å². The SMILES string of the molecule is CN1C[C@@]2(O)OCc3cc4c(cc3[C@]23C=C[C@H](O)C[C@H]13)OCO4. The predicted octanol–water partition coefficient (Wildman–Crippen LogP) is 0.507. The van der Waals surface area contributed by atoms with Crippen LogP contribution in [-0.4, -0.2) is 53.4 Å². The van der Waals surface area contributed by atoms with E-state index < -0.39 is 17.3 Å². The van der Waals surface area contributed by atoms with Gasteiger partial charge < -0.3 is 24.4 Å². The average molecular weight is 317 g/mol. The van der Waals surface area contributed by atoms with Crippen molar-refractivity contribution in [3.8, 4) is 11.5 Å². The fraction of sp³-hybridized carbons (Fsp3) is 0.529. The molecule has 4 aliphatic rings. The Bertz CT molecular complexity index is 719. The van der Waals surface area contributed by atoms with Crippen molar-refractivity contribution in [3.63, 3.8) is 0 Å². The highest BCUT2D eigenvalue weighted by Crippen LogP contribution is 2.56. The Morgan fingerprint density at radius 1 is 1.26 bits per heavy atom. The lowest BCUT2D eigenvalue weighted by Gasteiger charge is -2.49. The first-order valence-corrected chi connectivity index (χ1v) is 7.90. The molecule has 4 atom stereocenters. The van der Waals surface area contributed by atoms with E-state index in [0.717, 1.165) is 16.9 Å². The summed E-state index contributed by atoms with van der Waals surface area (Å²) >= 11 is 0. The van der Waals surface area contributed by atoms with Crippen molar-refractivity contribution in [1.29, 1.82) is 0 Å². The molecule has 3 heterocycles. The van der Waals surface area contributed by atoms with Gasteiger partial charge in [-0.2, -0.15) is 0 Å². The molecule has 1 aromatic carbocycles. The van der Waals surface area contributed by atoms with Crippen molar-refractivity contribution in [2.45, 2.75) is 36.4 Å². The number of β-amino-alcohol motifs (C(OH)–C–C–N with tert-alkyl or cyclic N) is 1. The van der Waals surface area contributed by atoms with Crippen LogP contribution in [0, 0.1) is 0 Å². The van der Waals surface area contributed by atoms with Crippen LogP contribution in [0.25, 0.3) is 0 Å². The average Bonchev–Trinajstić information content (AvgIpc) is 3.06. The Labute approximate surface area is 133 Å². The normalized spacial score (nSPS) is 40.7. The van der Waals surface area contributed by atoms with Gasteiger partial charge >= 0.3 is 0 Å². The van der Waals surface area contributed by atoms with E-state index in [4.69, 9.17) is 14.2 Å². The summed E-state index contributed by atoms with van der Waals surface area (Å²) in [5.74, 6) is 0.121. The second kappa shape index (κ2) is 4.27. The summed E-state index contributed by atoms with van der Waals surface area (Å²) in [6, 6.07) is 3.88. The summed E-state index contributed by atoms with van der Waals surface area (Å²) < 4.78 is 16.9. The summed E-state index contributed by atoms with van der Waals surface area (Å²) in [6.07, 6.45) is 3.75. The quantitative estimate of drug-likeness (QED) is 0.679. The van der Waals surface area contributed by atoms with Crippen LogP contribution in [-0.2, 0) is 16.8 Å². The van der Waals surface area contributed by atoms with Gasteiger partial charge in [-0.1, -0.05) is 12.2 Å². The molecule has 0 unspecified atom stereocenters. The number of benzene rings is 1. The highest BCUT2D eigenvalue weighted by molar-refractivity contribution is 5.56. The zero-order valence-electron chi connectivity index (χ0n) is 12.9. The van der Waals surface area contributed by atoms with Crippen molar-refractivity contribution in [2.24, 2.45) is 0 Å². The van der Waals surface area contributed by atoms with Crippen molar-refractivity contribution in [2.75, 3.05) is 20.4 Å². The molecule has 0 aromatic heterocycles. The number of nitrogens with zero attached hydrogens (tertiary/aromatic N) is 1. The second-order valence-corrected chi connectivity index (χ2v) is 6.90. The van der Waals surface area contributed by atoms with Gasteiger partial charge in [-0.3, -0.25) is 4.90 Å². The lowest BCUT2D eigenvalue weighted by atomic mass is 9.64. The molecule has 1 fully saturated rings. The van der Waals surface area contributed by atoms with E-state index in [1.165, 1.54) is 0 Å². The van der Waals surface area contributed by atoms with Gasteiger partial charge in [-0.15, -0.1) is 0 Å². The van der Waals surface area contributed by atoms with Crippen LogP contribution in [0.5, 0.6) is 11.5 Å². The third-order valence-corrected chi connectivity index (χ3v) is 5.72. The minimum atomic E-state index is -1.30. The van der Waals surface area contributed by atoms with Gasteiger partial charge in [0.2, 0.25) is 6.79 Å². The topological polar surface area (TPSA) is 71.4 Å². The molecule has 1 saturated heterocycles. The number of ether oxygens (including phenoxy) is 3. The molecule has 6 nitrogen and oxygen atoms in total. The minimum Gasteiger partial charge on any atom is -0.454 e. The van der Waals surface area contributed by atoms with Crippen LogP contribution in [0.3, 0.4) is 0 Å². The summed E-state index contributed by atoms with van der Waals surface area (Å²) in [5, 5.41) is 21.3. The maximum absolute atomic E-state index is 11.3. The van der Waals surface area contributed by atoms with E-state index in [1.54, 1.807) is 6.08 Å². The van der Waals surface area contributed by atoms with Crippen LogP contribution >= 0.6 is 0 Å². The Hall–Kier alpha value is -1.60. The molecule has 0 bridgehead atoms. The molecule has 1 spiro atoms. The monoisotopic (exact) mass is 317 g/mol. The molecule has 1 aliphatic carbocycles. The third kappa shape index (κ3) is 1.57. The van der Waals surface area contributed by atoms with Gasteiger partial charge in [-0.25, -0.2) is 0 Å². The maximum atomic E-state index is 11.3. The molecule has 0 saturated carbocycles. The molecule has 122 valence electrons. The number of likely N-dealkylation sites (tertiary alicyclic amines) is 1. The van der Waals surface area contributed by atoms with Gasteiger partial charge in [0, 0.05) is 6.04 Å². The largest absolute Gasteiger partial charge is 0.454 e. The number of rotatable bonds is 0. The molecule has 2 N–H and O–H groups in total. The summed E-state index contributed by atoms with van der Waals surface area (Å²) in [7, 11) is 1.96. The smallest absolute Gasteiger partial charge is 0.231 e. The highest BCUT2D eigenvalue weighted by atomic mass is 16.7. The molecule has 1 aromatic rings. The van der Waals surface area contributed by atoms with Crippen molar-refractivity contribution in [3.05, 3.63) is 35.4 Å². The van der Waals surface area contributed by atoms with Gasteiger partial charge in [0.25, 0.3) is 0 Å². The molecule has 0 radical (unpaired) electrons. The zero-order chi connectivity index (χ0) is 15.8. The van der Waals surface area contributed by atoms with Crippen molar-refractivity contribution >= 4 is 0 Å². The van der Waals surface area contributed by atoms with Crippen molar-refractivity contribution in [1.82, 2.24) is 4.90 Å². The second-order valence-electron chi connectivity index (χ2n) is 6.90. The maximum Gasteiger partial charge on any atom is 0.231 e. The van der Waals surface area contributed by atoms with E-state index in [9.17, 15) is 10.2 Å². The number of hydrogen-bond donors (Lipinski definition) is 2. The van der Waals surface area contributed by atoms with Crippen molar-refractivity contribution < 1.29 is 24.4 Å². The van der Waals surface area contributed by atoms with E-state index in [2.05, 4.69) is 4.90 Å². The van der Waals surface area contributed by atoms with Gasteiger partial charge in [0.05, 0.1) is 24.7 Å². The number of fused-ring (bicyclic) bond motifs is 2. The van der Waals surface area contributed by atoms with E-state index in [0.29, 0.717) is 25.3 Å². The standard InChI is InChI=1S/C17H19NO5/c1-18-8-17(20)16(3-2-11(19)5-15(16)18)12-6-14-13(21-9-22-14)4-10(12)7-23-17/h2-4,6,11,15,19-20H,5,7-9H2,1H3/t11-,15-,16-,17+/m0/s1. The van der Waals surface area contributed by atoms with Gasteiger partial charge in [0.1, 0.15) is 0 Å². The number of likely N-dealkylation sites (N-methyl/N-ethyl adjacent to an activating group) is 1. The number of aliphatic hydroxyl groups is 2. The van der Waals surface area contributed by atoms with Gasteiger partial charge in [-0.05, 0) is 36.7 Å². The minimum absolute atomic E-state index is 0.0353. The molecule has 6 heteroatoms. The fourth-order valence-electron chi connectivity index (χ4n) is 4.69. The molecule has 3 aliphatic heterocycles. The number of aliphatic hydroxyl groups excluding tert-OH is 1. The van der Waals surface area contributed by atoms with Gasteiger partial charge in [0.15, 0.2) is 17.3 Å². The first-order valence-electron chi connectivity index (χ1n) is 7.90. The zero-order valence-corrected chi connectivity index (χ0v) is 12.9. The molecule has 5 rings (SSSR count).